The molecule has 1 heterocycles. The summed E-state index contributed by atoms with van der Waals surface area (Å²) in [7, 11) is 0. The van der Waals surface area contributed by atoms with Gasteiger partial charge in [0.05, 0.1) is 0 Å². The molecule has 0 aliphatic carbocycles. The molecule has 3 nitrogen and oxygen atoms in total. The molecule has 0 aromatic heterocycles. The van der Waals surface area contributed by atoms with Crippen molar-refractivity contribution in [2.45, 2.75) is 18.9 Å². The maximum Gasteiger partial charge on any atom is 0.408 e. The highest BCUT2D eigenvalue weighted by Crippen LogP contribution is 2.35. The van der Waals surface area contributed by atoms with Gasteiger partial charge in [-0.3, -0.25) is 0 Å². The Morgan fingerprint density at radius 1 is 1.47 bits per heavy atom. The summed E-state index contributed by atoms with van der Waals surface area (Å²) in [5.41, 5.74) is 0.380. The molecule has 6 heteroatoms. The fourth-order valence-electron chi connectivity index (χ4n) is 1.68. The molecule has 92 valence electrons. The van der Waals surface area contributed by atoms with Gasteiger partial charge in [-0.15, -0.1) is 0 Å². The van der Waals surface area contributed by atoms with Crippen LogP contribution in [0.1, 0.15) is 17.2 Å². The molecule has 17 heavy (non-hydrogen) atoms. The maximum absolute atomic E-state index is 13.6. The van der Waals surface area contributed by atoms with E-state index in [1.807, 2.05) is 5.32 Å². The van der Waals surface area contributed by atoms with Gasteiger partial charge in [-0.05, 0) is 18.6 Å². The Balaban J connectivity index is 2.39. The van der Waals surface area contributed by atoms with Crippen LogP contribution in [-0.4, -0.2) is 18.6 Å². The zero-order chi connectivity index (χ0) is 12.6. The predicted octanol–water partition coefficient (Wildman–Crippen LogP) is 2.55. The van der Waals surface area contributed by atoms with E-state index in [1.165, 1.54) is 12.1 Å². The Morgan fingerprint density at radius 3 is 2.82 bits per heavy atom. The fourth-order valence-corrected chi connectivity index (χ4v) is 1.68. The second-order valence-electron chi connectivity index (χ2n) is 3.94. The number of aryl methyl sites for hydroxylation is 1. The third-order valence-corrected chi connectivity index (χ3v) is 2.55. The van der Waals surface area contributed by atoms with Crippen LogP contribution in [-0.2, 0) is 4.74 Å². The average molecular weight is 245 g/mol. The molecule has 0 spiro atoms. The normalized spacial score (nSPS) is 22.8. The molecule has 1 aromatic carbocycles. The SMILES string of the molecule is Cc1ccc([C@H]2NC(=O)OCC2(F)F)c(F)c1. The van der Waals surface area contributed by atoms with Crippen LogP contribution in [0.4, 0.5) is 18.0 Å². The summed E-state index contributed by atoms with van der Waals surface area (Å²) in [6.45, 7) is 0.602. The molecule has 2 rings (SSSR count). The van der Waals surface area contributed by atoms with Gasteiger partial charge in [0.2, 0.25) is 0 Å². The number of alkyl halides is 2. The maximum atomic E-state index is 13.6. The summed E-state index contributed by atoms with van der Waals surface area (Å²) in [6.07, 6.45) is -0.971. The molecule has 1 atom stereocenters. The van der Waals surface area contributed by atoms with Crippen molar-refractivity contribution < 1.29 is 22.7 Å². The standard InChI is InChI=1S/C11H10F3NO2/c1-6-2-3-7(8(12)4-6)9-11(13,14)5-17-10(16)15-9/h2-4,9H,5H2,1H3,(H,15,16)/t9-/m1/s1. The topological polar surface area (TPSA) is 38.3 Å². The molecule has 1 amide bonds. The molecule has 0 bridgehead atoms. The number of nitrogens with one attached hydrogen (secondary N) is 1. The van der Waals surface area contributed by atoms with Crippen LogP contribution < -0.4 is 5.32 Å². The van der Waals surface area contributed by atoms with Crippen molar-refractivity contribution in [1.29, 1.82) is 0 Å². The van der Waals surface area contributed by atoms with Gasteiger partial charge < -0.3 is 10.1 Å². The van der Waals surface area contributed by atoms with Crippen LogP contribution in [0, 0.1) is 12.7 Å². The van der Waals surface area contributed by atoms with Crippen molar-refractivity contribution in [1.82, 2.24) is 5.32 Å². The van der Waals surface area contributed by atoms with E-state index in [2.05, 4.69) is 4.74 Å². The van der Waals surface area contributed by atoms with E-state index >= 15 is 0 Å². The highest BCUT2D eigenvalue weighted by molar-refractivity contribution is 5.69. The number of cyclic esters (lactones) is 1. The third kappa shape index (κ3) is 2.20. The number of benzene rings is 1. The molecule has 1 aliphatic heterocycles. The lowest BCUT2D eigenvalue weighted by Crippen LogP contribution is -2.49. The summed E-state index contributed by atoms with van der Waals surface area (Å²) >= 11 is 0. The molecule has 1 aromatic rings. The lowest BCUT2D eigenvalue weighted by molar-refractivity contribution is -0.105. The first-order chi connectivity index (χ1) is 7.90. The van der Waals surface area contributed by atoms with E-state index < -0.39 is 30.5 Å². The van der Waals surface area contributed by atoms with Gasteiger partial charge in [0.15, 0.2) is 6.61 Å². The second-order valence-corrected chi connectivity index (χ2v) is 3.94. The molecule has 0 saturated carbocycles. The Morgan fingerprint density at radius 2 is 2.18 bits per heavy atom. The number of hydrogen-bond donors (Lipinski definition) is 1. The minimum Gasteiger partial charge on any atom is -0.443 e. The molecule has 1 N–H and O–H groups in total. The third-order valence-electron chi connectivity index (χ3n) is 2.55. The van der Waals surface area contributed by atoms with Crippen LogP contribution in [0.3, 0.4) is 0 Å². The van der Waals surface area contributed by atoms with Crippen molar-refractivity contribution in [3.63, 3.8) is 0 Å². The van der Waals surface area contributed by atoms with E-state index in [0.717, 1.165) is 6.07 Å². The Bertz CT molecular complexity index is 462. The molecule has 1 saturated heterocycles. The lowest BCUT2D eigenvalue weighted by Gasteiger charge is -2.32. The molecular formula is C11H10F3NO2. The molecule has 0 radical (unpaired) electrons. The van der Waals surface area contributed by atoms with E-state index in [9.17, 15) is 18.0 Å². The van der Waals surface area contributed by atoms with E-state index in [4.69, 9.17) is 0 Å². The van der Waals surface area contributed by atoms with Crippen molar-refractivity contribution in [3.8, 4) is 0 Å². The number of halogens is 3. The van der Waals surface area contributed by atoms with Crippen molar-refractivity contribution in [2.75, 3.05) is 6.61 Å². The number of carbonyl (C=O) groups excluding carboxylic acids is 1. The molecule has 1 fully saturated rings. The van der Waals surface area contributed by atoms with Gasteiger partial charge in [-0.25, -0.2) is 18.0 Å². The highest BCUT2D eigenvalue weighted by Gasteiger charge is 2.47. The fraction of sp³-hybridized carbons (Fsp3) is 0.364. The quantitative estimate of drug-likeness (QED) is 0.825. The van der Waals surface area contributed by atoms with Crippen LogP contribution in [0.5, 0.6) is 0 Å². The summed E-state index contributed by atoms with van der Waals surface area (Å²) in [5, 5.41) is 1.93. The van der Waals surface area contributed by atoms with Gasteiger partial charge >= 0.3 is 12.0 Å². The van der Waals surface area contributed by atoms with Crippen LogP contribution in [0.25, 0.3) is 0 Å². The second kappa shape index (κ2) is 3.94. The summed E-state index contributed by atoms with van der Waals surface area (Å²) in [4.78, 5) is 10.9. The minimum atomic E-state index is -3.33. The summed E-state index contributed by atoms with van der Waals surface area (Å²) in [5.74, 6) is -4.10. The van der Waals surface area contributed by atoms with Crippen molar-refractivity contribution in [2.24, 2.45) is 0 Å². The Labute approximate surface area is 95.6 Å². The first kappa shape index (κ1) is 11.8. The largest absolute Gasteiger partial charge is 0.443 e. The van der Waals surface area contributed by atoms with E-state index in [1.54, 1.807) is 6.92 Å². The summed E-state index contributed by atoms with van der Waals surface area (Å²) in [6, 6.07) is 2.21. The minimum absolute atomic E-state index is 0.239. The van der Waals surface area contributed by atoms with Crippen LogP contribution >= 0.6 is 0 Å². The molecular weight excluding hydrogens is 235 g/mol. The average Bonchev–Trinajstić information content (AvgIpc) is 2.23. The highest BCUT2D eigenvalue weighted by atomic mass is 19.3. The smallest absolute Gasteiger partial charge is 0.408 e. The predicted molar refractivity (Wildman–Crippen MR) is 53.3 cm³/mol. The first-order valence-electron chi connectivity index (χ1n) is 4.97. The molecule has 0 unspecified atom stereocenters. The lowest BCUT2D eigenvalue weighted by atomic mass is 9.98. The van der Waals surface area contributed by atoms with Gasteiger partial charge in [-0.1, -0.05) is 12.1 Å². The number of ether oxygens (including phenoxy) is 1. The van der Waals surface area contributed by atoms with Gasteiger partial charge in [0.1, 0.15) is 11.9 Å². The van der Waals surface area contributed by atoms with Gasteiger partial charge in [0.25, 0.3) is 0 Å². The van der Waals surface area contributed by atoms with Gasteiger partial charge in [-0.2, -0.15) is 0 Å². The van der Waals surface area contributed by atoms with Crippen molar-refractivity contribution in [3.05, 3.63) is 35.1 Å². The number of alkyl carbamates (subject to hydrolysis) is 1. The monoisotopic (exact) mass is 245 g/mol. The number of rotatable bonds is 1. The van der Waals surface area contributed by atoms with E-state index in [0.29, 0.717) is 5.56 Å². The van der Waals surface area contributed by atoms with E-state index in [-0.39, 0.29) is 5.56 Å². The van der Waals surface area contributed by atoms with Gasteiger partial charge in [0, 0.05) is 5.56 Å². The first-order valence-corrected chi connectivity index (χ1v) is 4.97. The Hall–Kier alpha value is -1.72. The molecule has 1 aliphatic rings. The van der Waals surface area contributed by atoms with Crippen molar-refractivity contribution >= 4 is 6.09 Å². The zero-order valence-electron chi connectivity index (χ0n) is 8.97. The number of carbonyl (C=O) groups is 1. The van der Waals surface area contributed by atoms with Crippen LogP contribution in [0.15, 0.2) is 18.2 Å². The Kier molecular flexibility index (Phi) is 2.73. The number of hydrogen-bond acceptors (Lipinski definition) is 2. The summed E-state index contributed by atoms with van der Waals surface area (Å²) < 4.78 is 44.8. The number of amides is 1. The zero-order valence-corrected chi connectivity index (χ0v) is 8.97. The van der Waals surface area contributed by atoms with Crippen LogP contribution in [0.2, 0.25) is 0 Å².